The van der Waals surface area contributed by atoms with E-state index in [9.17, 15) is 9.18 Å². The fraction of sp³-hybridized carbons (Fsp3) is 0.562. The summed E-state index contributed by atoms with van der Waals surface area (Å²) >= 11 is 3.26. The van der Waals surface area contributed by atoms with Crippen LogP contribution in [0.4, 0.5) is 10.1 Å². The Bertz CT molecular complexity index is 486. The largest absolute Gasteiger partial charge is 0.330 e. The molecule has 1 aromatic carbocycles. The van der Waals surface area contributed by atoms with Gasteiger partial charge in [-0.1, -0.05) is 36.7 Å². The lowest BCUT2D eigenvalue weighted by Gasteiger charge is -2.30. The smallest absolute Gasteiger partial charge is 0.224 e. The van der Waals surface area contributed by atoms with Crippen LogP contribution < -0.4 is 11.1 Å². The van der Waals surface area contributed by atoms with Gasteiger partial charge < -0.3 is 11.1 Å². The van der Waals surface area contributed by atoms with Crippen molar-refractivity contribution in [2.24, 2.45) is 17.1 Å². The van der Waals surface area contributed by atoms with E-state index < -0.39 is 5.82 Å². The third-order valence-electron chi connectivity index (χ3n) is 3.66. The average Bonchev–Trinajstić information content (AvgIpc) is 2.37. The Balaban J connectivity index is 2.59. The SMILES string of the molecule is CC(C)(C)C(CCN)CCC(=O)Nc1cc(Br)ccc1F. The van der Waals surface area contributed by atoms with Crippen molar-refractivity contribution in [3.63, 3.8) is 0 Å². The van der Waals surface area contributed by atoms with E-state index in [1.807, 2.05) is 0 Å². The molecule has 1 rings (SSSR count). The fourth-order valence-electron chi connectivity index (χ4n) is 2.32. The van der Waals surface area contributed by atoms with Gasteiger partial charge >= 0.3 is 0 Å². The molecule has 0 spiro atoms. The summed E-state index contributed by atoms with van der Waals surface area (Å²) in [5, 5.41) is 2.62. The number of hydrogen-bond donors (Lipinski definition) is 2. The zero-order valence-corrected chi connectivity index (χ0v) is 14.5. The van der Waals surface area contributed by atoms with Gasteiger partial charge in [0.15, 0.2) is 0 Å². The number of carbonyl (C=O) groups excluding carboxylic acids is 1. The summed E-state index contributed by atoms with van der Waals surface area (Å²) in [6.45, 7) is 7.07. The molecule has 3 nitrogen and oxygen atoms in total. The summed E-state index contributed by atoms with van der Waals surface area (Å²) in [6.07, 6.45) is 2.01. The van der Waals surface area contributed by atoms with E-state index in [1.54, 1.807) is 12.1 Å². The molecule has 0 aliphatic heterocycles. The number of nitrogens with one attached hydrogen (secondary N) is 1. The predicted molar refractivity (Wildman–Crippen MR) is 88.6 cm³/mol. The molecular weight excluding hydrogens is 335 g/mol. The molecule has 0 saturated heterocycles. The molecule has 0 bridgehead atoms. The number of halogens is 2. The van der Waals surface area contributed by atoms with Crippen LogP contribution in [0.3, 0.4) is 0 Å². The van der Waals surface area contributed by atoms with Gasteiger partial charge in [0.05, 0.1) is 5.69 Å². The first-order chi connectivity index (χ1) is 9.74. The highest BCUT2D eigenvalue weighted by Gasteiger charge is 2.24. The molecular formula is C16H24BrFN2O. The summed E-state index contributed by atoms with van der Waals surface area (Å²) in [6, 6.07) is 4.49. The van der Waals surface area contributed by atoms with Crippen molar-refractivity contribution in [3.8, 4) is 0 Å². The van der Waals surface area contributed by atoms with Crippen molar-refractivity contribution in [2.45, 2.75) is 40.0 Å². The quantitative estimate of drug-likeness (QED) is 0.795. The van der Waals surface area contributed by atoms with E-state index in [2.05, 4.69) is 42.0 Å². The van der Waals surface area contributed by atoms with Gasteiger partial charge in [-0.25, -0.2) is 4.39 Å². The molecule has 1 unspecified atom stereocenters. The van der Waals surface area contributed by atoms with E-state index in [-0.39, 0.29) is 17.0 Å². The molecule has 0 aliphatic carbocycles. The highest BCUT2D eigenvalue weighted by molar-refractivity contribution is 9.10. The minimum absolute atomic E-state index is 0.112. The maximum atomic E-state index is 13.6. The lowest BCUT2D eigenvalue weighted by molar-refractivity contribution is -0.116. The summed E-state index contributed by atoms with van der Waals surface area (Å²) < 4.78 is 14.3. The van der Waals surface area contributed by atoms with E-state index in [4.69, 9.17) is 5.73 Å². The first-order valence-corrected chi connectivity index (χ1v) is 7.98. The Kier molecular flexibility index (Phi) is 6.81. The van der Waals surface area contributed by atoms with E-state index >= 15 is 0 Å². The van der Waals surface area contributed by atoms with Crippen molar-refractivity contribution in [1.82, 2.24) is 0 Å². The van der Waals surface area contributed by atoms with Crippen LogP contribution >= 0.6 is 15.9 Å². The molecule has 0 heterocycles. The summed E-state index contributed by atoms with van der Waals surface area (Å²) in [4.78, 5) is 12.0. The van der Waals surface area contributed by atoms with Gasteiger partial charge in [0.2, 0.25) is 5.91 Å². The monoisotopic (exact) mass is 358 g/mol. The van der Waals surface area contributed by atoms with Crippen molar-refractivity contribution in [1.29, 1.82) is 0 Å². The standard InChI is InChI=1S/C16H24BrFN2O/c1-16(2,3)11(8-9-19)4-7-15(21)20-14-10-12(17)5-6-13(14)18/h5-6,10-11H,4,7-9,19H2,1-3H3,(H,20,21). The number of benzene rings is 1. The maximum Gasteiger partial charge on any atom is 0.224 e. The van der Waals surface area contributed by atoms with Crippen LogP contribution in [0.15, 0.2) is 22.7 Å². The van der Waals surface area contributed by atoms with Crippen LogP contribution in [0, 0.1) is 17.2 Å². The van der Waals surface area contributed by atoms with Crippen molar-refractivity contribution >= 4 is 27.5 Å². The second kappa shape index (κ2) is 7.90. The minimum atomic E-state index is -0.430. The predicted octanol–water partition coefficient (Wildman–Crippen LogP) is 4.32. The third kappa shape index (κ3) is 6.14. The summed E-state index contributed by atoms with van der Waals surface area (Å²) in [5.41, 5.74) is 5.96. The Morgan fingerprint density at radius 1 is 1.38 bits per heavy atom. The van der Waals surface area contributed by atoms with Crippen LogP contribution in [0.25, 0.3) is 0 Å². The number of nitrogens with two attached hydrogens (primary N) is 1. The van der Waals surface area contributed by atoms with Crippen LogP contribution in [-0.4, -0.2) is 12.5 Å². The lowest BCUT2D eigenvalue weighted by Crippen LogP contribution is -2.25. The molecule has 0 saturated carbocycles. The number of rotatable bonds is 6. The molecule has 3 N–H and O–H groups in total. The zero-order valence-electron chi connectivity index (χ0n) is 12.9. The van der Waals surface area contributed by atoms with Crippen molar-refractivity contribution in [3.05, 3.63) is 28.5 Å². The van der Waals surface area contributed by atoms with Crippen LogP contribution in [-0.2, 0) is 4.79 Å². The topological polar surface area (TPSA) is 55.1 Å². The lowest BCUT2D eigenvalue weighted by atomic mass is 9.76. The molecule has 0 radical (unpaired) electrons. The summed E-state index contributed by atoms with van der Waals surface area (Å²) in [7, 11) is 0. The first-order valence-electron chi connectivity index (χ1n) is 7.19. The highest BCUT2D eigenvalue weighted by Crippen LogP contribution is 2.32. The van der Waals surface area contributed by atoms with Gasteiger partial charge in [0.25, 0.3) is 0 Å². The van der Waals surface area contributed by atoms with Gasteiger partial charge in [0, 0.05) is 10.9 Å². The van der Waals surface area contributed by atoms with Crippen molar-refractivity contribution < 1.29 is 9.18 Å². The zero-order chi connectivity index (χ0) is 16.0. The first kappa shape index (κ1) is 18.1. The molecule has 0 fully saturated rings. The van der Waals surface area contributed by atoms with Crippen LogP contribution in [0.1, 0.15) is 40.0 Å². The highest BCUT2D eigenvalue weighted by atomic mass is 79.9. The Hall–Kier alpha value is -0.940. The van der Waals surface area contributed by atoms with Crippen molar-refractivity contribution in [2.75, 3.05) is 11.9 Å². The second-order valence-electron chi connectivity index (χ2n) is 6.35. The Morgan fingerprint density at radius 2 is 2.05 bits per heavy atom. The number of hydrogen-bond acceptors (Lipinski definition) is 2. The van der Waals surface area contributed by atoms with E-state index in [1.165, 1.54) is 6.07 Å². The minimum Gasteiger partial charge on any atom is -0.330 e. The molecule has 1 aromatic rings. The van der Waals surface area contributed by atoms with E-state index in [0.29, 0.717) is 18.9 Å². The fourth-order valence-corrected chi connectivity index (χ4v) is 2.68. The Labute approximate surface area is 134 Å². The molecule has 5 heteroatoms. The average molecular weight is 359 g/mol. The van der Waals surface area contributed by atoms with Gasteiger partial charge in [-0.3, -0.25) is 4.79 Å². The third-order valence-corrected chi connectivity index (χ3v) is 4.16. The molecule has 1 amide bonds. The van der Waals surface area contributed by atoms with Crippen LogP contribution in [0.5, 0.6) is 0 Å². The van der Waals surface area contributed by atoms with Gasteiger partial charge in [-0.05, 0) is 48.9 Å². The molecule has 21 heavy (non-hydrogen) atoms. The second-order valence-corrected chi connectivity index (χ2v) is 7.27. The molecule has 1 atom stereocenters. The molecule has 118 valence electrons. The number of anilines is 1. The normalized spacial score (nSPS) is 13.0. The van der Waals surface area contributed by atoms with E-state index in [0.717, 1.165) is 17.3 Å². The number of amides is 1. The summed E-state index contributed by atoms with van der Waals surface area (Å²) in [5.74, 6) is -0.222. The van der Waals surface area contributed by atoms with Gasteiger partial charge in [-0.2, -0.15) is 0 Å². The van der Waals surface area contributed by atoms with Crippen LogP contribution in [0.2, 0.25) is 0 Å². The maximum absolute atomic E-state index is 13.6. The molecule has 0 aromatic heterocycles. The number of carbonyl (C=O) groups is 1. The van der Waals surface area contributed by atoms with Gasteiger partial charge in [0.1, 0.15) is 5.82 Å². The molecule has 0 aliphatic rings. The van der Waals surface area contributed by atoms with Gasteiger partial charge in [-0.15, -0.1) is 0 Å². The Morgan fingerprint density at radius 3 is 2.62 bits per heavy atom.